The summed E-state index contributed by atoms with van der Waals surface area (Å²) in [5.41, 5.74) is 2.35. The molecule has 2 aromatic carbocycles. The molecule has 5 rings (SSSR count). The lowest BCUT2D eigenvalue weighted by molar-refractivity contribution is -0.140. The first-order chi connectivity index (χ1) is 32.6. The third kappa shape index (κ3) is 17.3. The number of aliphatic carboxylic acids is 3. The summed E-state index contributed by atoms with van der Waals surface area (Å²) in [6, 6.07) is 14.6. The number of ether oxygens (including phenoxy) is 3. The molecule has 21 nitrogen and oxygen atoms in total. The highest BCUT2D eigenvalue weighted by atomic mass is 19.3. The third-order valence-electron chi connectivity index (χ3n) is 11.1. The van der Waals surface area contributed by atoms with Crippen LogP contribution >= 0.6 is 0 Å². The fraction of sp³-hybridized carbons (Fsp3) is 0.511. The maximum Gasteiger partial charge on any atom is 0.317 e. The number of hydrogen-bond acceptors (Lipinski definition) is 15. The summed E-state index contributed by atoms with van der Waals surface area (Å²) in [6.45, 7) is 1.67. The van der Waals surface area contributed by atoms with Crippen LogP contribution in [-0.4, -0.2) is 224 Å². The number of nitrogens with zero attached hydrogens (tertiary/aromatic N) is 7. The number of fused-ring (bicyclic) bond motifs is 1. The molecule has 2 saturated heterocycles. The minimum absolute atomic E-state index is 0.00584. The molecule has 68 heavy (non-hydrogen) atoms. The van der Waals surface area contributed by atoms with Gasteiger partial charge >= 0.3 is 17.9 Å². The number of carboxylic acids is 3. The van der Waals surface area contributed by atoms with E-state index in [0.717, 1.165) is 16.0 Å². The highest BCUT2D eigenvalue weighted by molar-refractivity contribution is 6.07. The molecule has 368 valence electrons. The number of nitriles is 1. The summed E-state index contributed by atoms with van der Waals surface area (Å²) in [5, 5.41) is 43.2. The highest BCUT2D eigenvalue weighted by Gasteiger charge is 2.47. The van der Waals surface area contributed by atoms with Gasteiger partial charge in [0.1, 0.15) is 18.4 Å². The number of rotatable bonds is 22. The standard InChI is InChI=1S/C45H57F2N9O12/c46-45(47)24-34(25-48)56(31-45)40(58)26-51-44(65)37-6-7-49-38-23-33(4-5-36(37)38)32-2-1-3-35(22-32)68-21-20-67-19-18-66-17-8-50-39(57)27-52-9-11-53(28-41(59)60)13-15-55(30-43(63)64)16-14-54(12-10-52)29-42(61)62/h1-7,22-23,34H,8-21,24,26-31H2,(H,50,57)(H,51,65)(H,59,60)(H,61,62)(H,63,64)/t34-/m0/s1. The Morgan fingerprint density at radius 2 is 1.28 bits per heavy atom. The third-order valence-corrected chi connectivity index (χ3v) is 11.1. The van der Waals surface area contributed by atoms with E-state index in [4.69, 9.17) is 14.2 Å². The van der Waals surface area contributed by atoms with Crippen LogP contribution in [0.1, 0.15) is 16.8 Å². The summed E-state index contributed by atoms with van der Waals surface area (Å²) < 4.78 is 44.8. The van der Waals surface area contributed by atoms with Crippen molar-refractivity contribution in [1.29, 1.82) is 5.26 Å². The molecular weight excluding hydrogens is 897 g/mol. The number of nitrogens with one attached hydrogen (secondary N) is 2. The number of benzene rings is 2. The molecule has 2 aliphatic rings. The van der Waals surface area contributed by atoms with Crippen LogP contribution in [0.4, 0.5) is 8.78 Å². The van der Waals surface area contributed by atoms with Crippen molar-refractivity contribution in [3.05, 3.63) is 60.3 Å². The van der Waals surface area contributed by atoms with Crippen molar-refractivity contribution < 1.29 is 67.1 Å². The molecule has 3 heterocycles. The average molecular weight is 954 g/mol. The van der Waals surface area contributed by atoms with Crippen LogP contribution in [0.15, 0.2) is 54.7 Å². The Labute approximate surface area is 391 Å². The molecule has 0 spiro atoms. The summed E-state index contributed by atoms with van der Waals surface area (Å²) in [5.74, 6) is -7.34. The van der Waals surface area contributed by atoms with E-state index in [0.29, 0.717) is 42.8 Å². The zero-order valence-corrected chi connectivity index (χ0v) is 37.5. The summed E-state index contributed by atoms with van der Waals surface area (Å²) >= 11 is 0. The molecule has 2 fully saturated rings. The summed E-state index contributed by atoms with van der Waals surface area (Å²) in [6.07, 6.45) is 0.708. The van der Waals surface area contributed by atoms with E-state index in [2.05, 4.69) is 15.6 Å². The second-order valence-corrected chi connectivity index (χ2v) is 16.2. The molecular formula is C45H57F2N9O12. The van der Waals surface area contributed by atoms with Crippen molar-refractivity contribution in [2.45, 2.75) is 18.4 Å². The lowest BCUT2D eigenvalue weighted by Gasteiger charge is -2.32. The molecule has 0 saturated carbocycles. The van der Waals surface area contributed by atoms with Crippen molar-refractivity contribution in [3.8, 4) is 22.9 Å². The first-order valence-corrected chi connectivity index (χ1v) is 22.0. The zero-order chi connectivity index (χ0) is 49.1. The predicted octanol–water partition coefficient (Wildman–Crippen LogP) is 0.395. The fourth-order valence-electron chi connectivity index (χ4n) is 7.69. The van der Waals surface area contributed by atoms with Gasteiger partial charge in [0, 0.05) is 76.9 Å². The number of likely N-dealkylation sites (tertiary alicyclic amines) is 1. The van der Waals surface area contributed by atoms with Crippen LogP contribution in [0.25, 0.3) is 22.0 Å². The topological polar surface area (TPSA) is 268 Å². The van der Waals surface area contributed by atoms with E-state index in [1.54, 1.807) is 39.0 Å². The zero-order valence-electron chi connectivity index (χ0n) is 37.5. The minimum atomic E-state index is -3.17. The number of alkyl halides is 2. The number of carbonyl (C=O) groups excluding carboxylic acids is 3. The molecule has 0 aliphatic carbocycles. The number of aromatic nitrogens is 1. The van der Waals surface area contributed by atoms with E-state index in [1.165, 1.54) is 12.3 Å². The Hall–Kier alpha value is -6.42. The van der Waals surface area contributed by atoms with E-state index in [9.17, 15) is 58.1 Å². The normalized spacial score (nSPS) is 17.7. The van der Waals surface area contributed by atoms with Crippen molar-refractivity contribution in [3.63, 3.8) is 0 Å². The molecule has 5 N–H and O–H groups in total. The van der Waals surface area contributed by atoms with Crippen LogP contribution in [-0.2, 0) is 33.4 Å². The van der Waals surface area contributed by atoms with Crippen LogP contribution < -0.4 is 15.4 Å². The van der Waals surface area contributed by atoms with Gasteiger partial charge in [0.05, 0.1) is 82.8 Å². The minimum Gasteiger partial charge on any atom is -0.491 e. The van der Waals surface area contributed by atoms with Crippen LogP contribution in [0.3, 0.4) is 0 Å². The molecule has 0 unspecified atom stereocenters. The molecule has 2 aliphatic heterocycles. The largest absolute Gasteiger partial charge is 0.491 e. The molecule has 0 radical (unpaired) electrons. The van der Waals surface area contributed by atoms with Gasteiger partial charge in [0.25, 0.3) is 11.8 Å². The van der Waals surface area contributed by atoms with E-state index >= 15 is 0 Å². The average Bonchev–Trinajstić information content (AvgIpc) is 3.63. The Bertz CT molecular complexity index is 2240. The van der Waals surface area contributed by atoms with Crippen molar-refractivity contribution in [2.75, 3.05) is 131 Å². The van der Waals surface area contributed by atoms with Gasteiger partial charge in [-0.3, -0.25) is 53.4 Å². The fourth-order valence-corrected chi connectivity index (χ4v) is 7.69. The maximum absolute atomic E-state index is 13.8. The Morgan fingerprint density at radius 1 is 0.721 bits per heavy atom. The molecule has 3 aromatic rings. The van der Waals surface area contributed by atoms with Crippen molar-refractivity contribution >= 4 is 46.5 Å². The van der Waals surface area contributed by atoms with Crippen LogP contribution in [0.2, 0.25) is 0 Å². The lowest BCUT2D eigenvalue weighted by Crippen LogP contribution is -2.50. The van der Waals surface area contributed by atoms with Gasteiger partial charge in [-0.2, -0.15) is 5.26 Å². The van der Waals surface area contributed by atoms with Gasteiger partial charge in [-0.25, -0.2) is 8.78 Å². The molecule has 1 atom stereocenters. The van der Waals surface area contributed by atoms with Gasteiger partial charge in [-0.15, -0.1) is 0 Å². The van der Waals surface area contributed by atoms with Gasteiger partial charge in [0.2, 0.25) is 11.8 Å². The van der Waals surface area contributed by atoms with Crippen LogP contribution in [0.5, 0.6) is 5.75 Å². The highest BCUT2D eigenvalue weighted by Crippen LogP contribution is 2.32. The van der Waals surface area contributed by atoms with Gasteiger partial charge in [-0.1, -0.05) is 24.3 Å². The van der Waals surface area contributed by atoms with Gasteiger partial charge < -0.3 is 45.1 Å². The molecule has 1 aromatic heterocycles. The second kappa shape index (κ2) is 26.2. The number of pyridine rings is 1. The monoisotopic (exact) mass is 953 g/mol. The van der Waals surface area contributed by atoms with Crippen molar-refractivity contribution in [1.82, 2.24) is 40.1 Å². The molecule has 23 heteroatoms. The number of halogens is 2. The van der Waals surface area contributed by atoms with E-state index < -0.39 is 61.2 Å². The number of hydrogen-bond donors (Lipinski definition) is 5. The first-order valence-electron chi connectivity index (χ1n) is 22.0. The molecule has 0 bridgehead atoms. The van der Waals surface area contributed by atoms with Crippen molar-refractivity contribution in [2.24, 2.45) is 0 Å². The quantitative estimate of drug-likeness (QED) is 0.0853. The first kappa shape index (κ1) is 52.5. The van der Waals surface area contributed by atoms with E-state index in [-0.39, 0.29) is 103 Å². The lowest BCUT2D eigenvalue weighted by atomic mass is 10.0. The van der Waals surface area contributed by atoms with Gasteiger partial charge in [0.15, 0.2) is 0 Å². The van der Waals surface area contributed by atoms with E-state index in [1.807, 2.05) is 29.2 Å². The number of carbonyl (C=O) groups is 6. The Kier molecular flexibility index (Phi) is 20.3. The number of amides is 3. The smallest absolute Gasteiger partial charge is 0.317 e. The summed E-state index contributed by atoms with van der Waals surface area (Å²) in [4.78, 5) is 85.1. The maximum atomic E-state index is 13.8. The summed E-state index contributed by atoms with van der Waals surface area (Å²) in [7, 11) is 0. The molecule has 3 amide bonds. The Morgan fingerprint density at radius 3 is 1.87 bits per heavy atom. The second-order valence-electron chi connectivity index (χ2n) is 16.2. The number of carboxylic acid groups (broad SMARTS) is 3. The SMILES string of the molecule is N#C[C@@H]1CC(F)(F)CN1C(=O)CNC(=O)c1ccnc2cc(-c3cccc(OCCOCCOCCNC(=O)CN4CCN(CC(=O)O)CCN(CC(=O)O)CCN(CC(=O)O)CC4)c3)ccc12. The van der Waals surface area contributed by atoms with Gasteiger partial charge in [-0.05, 0) is 35.4 Å². The predicted molar refractivity (Wildman–Crippen MR) is 239 cm³/mol. The Balaban J connectivity index is 0.996. The van der Waals surface area contributed by atoms with Crippen LogP contribution in [0, 0.1) is 11.3 Å².